The van der Waals surface area contributed by atoms with Crippen LogP contribution >= 0.6 is 12.2 Å². The number of carbonyl (C=O) groups excluding carboxylic acids is 1. The number of azo groups is 1. The van der Waals surface area contributed by atoms with Crippen LogP contribution in [0, 0.1) is 4.77 Å². The molecule has 9 heteroatoms. The zero-order chi connectivity index (χ0) is 20.8. The van der Waals surface area contributed by atoms with Crippen molar-refractivity contribution in [1.82, 2.24) is 14.8 Å². The van der Waals surface area contributed by atoms with Crippen molar-refractivity contribution in [3.8, 4) is 17.1 Å². The lowest BCUT2D eigenvalue weighted by molar-refractivity contribution is -0.138. The molecule has 0 fully saturated rings. The van der Waals surface area contributed by atoms with E-state index in [9.17, 15) is 9.90 Å². The number of carbonyl (C=O) groups is 1. The minimum atomic E-state index is -0.730. The van der Waals surface area contributed by atoms with Gasteiger partial charge in [0.1, 0.15) is 5.76 Å². The number of hydrogen-bond acceptors (Lipinski definition) is 7. The average Bonchev–Trinajstić information content (AvgIpc) is 3.10. The summed E-state index contributed by atoms with van der Waals surface area (Å²) in [5.74, 6) is -0.337. The molecule has 0 aliphatic carbocycles. The molecule has 0 aliphatic rings. The number of allylic oxidation sites excluding steroid dienone is 1. The maximum Gasteiger partial charge on any atom is 0.362 e. The first-order valence-electron chi connectivity index (χ1n) is 8.83. The van der Waals surface area contributed by atoms with Crippen LogP contribution in [0.4, 0.5) is 5.69 Å². The van der Waals surface area contributed by atoms with Crippen LogP contribution in [0.5, 0.6) is 0 Å². The Kier molecular flexibility index (Phi) is 6.30. The van der Waals surface area contributed by atoms with Crippen molar-refractivity contribution in [2.45, 2.75) is 13.8 Å². The van der Waals surface area contributed by atoms with Crippen LogP contribution in [0.2, 0.25) is 0 Å². The number of benzene rings is 2. The molecule has 0 unspecified atom stereocenters. The van der Waals surface area contributed by atoms with E-state index in [2.05, 4.69) is 20.4 Å². The number of aromatic amines is 1. The van der Waals surface area contributed by atoms with Gasteiger partial charge in [0.05, 0.1) is 12.3 Å². The predicted molar refractivity (Wildman–Crippen MR) is 111 cm³/mol. The number of aliphatic hydroxyl groups excluding tert-OH is 1. The van der Waals surface area contributed by atoms with E-state index in [0.29, 0.717) is 16.3 Å². The molecule has 3 rings (SSSR count). The number of nitrogens with zero attached hydrogens (tertiary/aromatic N) is 4. The Balaban J connectivity index is 1.88. The lowest BCUT2D eigenvalue weighted by atomic mass is 10.2. The number of esters is 1. The molecular formula is C20H19N5O3S. The van der Waals surface area contributed by atoms with E-state index in [0.717, 1.165) is 11.3 Å². The fourth-order valence-corrected chi connectivity index (χ4v) is 2.79. The number of rotatable bonds is 6. The molecule has 29 heavy (non-hydrogen) atoms. The van der Waals surface area contributed by atoms with Gasteiger partial charge in [-0.3, -0.25) is 9.67 Å². The van der Waals surface area contributed by atoms with Crippen LogP contribution < -0.4 is 0 Å². The third kappa shape index (κ3) is 4.64. The standard InChI is InChI=1S/C20H19N5O3S/c1-3-28-19(27)17(13(2)26)22-21-15-11-9-14(10-12-15)18-23-24-20(29)25(18)16-7-5-4-6-8-16/h4-12,26H,3H2,1-2H3,(H,24,29)/b17-13-,22-21?. The van der Waals surface area contributed by atoms with Crippen molar-refractivity contribution in [3.05, 3.63) is 70.8 Å². The van der Waals surface area contributed by atoms with Gasteiger partial charge in [-0.25, -0.2) is 4.79 Å². The quantitative estimate of drug-likeness (QED) is 0.195. The molecule has 0 spiro atoms. The molecule has 0 radical (unpaired) electrons. The Morgan fingerprint density at radius 3 is 2.52 bits per heavy atom. The van der Waals surface area contributed by atoms with Gasteiger partial charge in [0.15, 0.2) is 10.6 Å². The molecule has 2 aromatic carbocycles. The van der Waals surface area contributed by atoms with Crippen LogP contribution in [0.3, 0.4) is 0 Å². The summed E-state index contributed by atoms with van der Waals surface area (Å²) in [5.41, 5.74) is 1.98. The molecule has 8 nitrogen and oxygen atoms in total. The topological polar surface area (TPSA) is 105 Å². The molecule has 0 saturated heterocycles. The van der Waals surface area contributed by atoms with E-state index in [1.165, 1.54) is 6.92 Å². The third-order valence-electron chi connectivity index (χ3n) is 3.89. The van der Waals surface area contributed by atoms with Gasteiger partial charge in [0.25, 0.3) is 0 Å². The molecule has 1 aromatic heterocycles. The van der Waals surface area contributed by atoms with E-state index in [4.69, 9.17) is 17.0 Å². The number of aromatic nitrogens is 3. The van der Waals surface area contributed by atoms with Gasteiger partial charge >= 0.3 is 5.97 Å². The highest BCUT2D eigenvalue weighted by atomic mass is 32.1. The van der Waals surface area contributed by atoms with Crippen molar-refractivity contribution in [3.63, 3.8) is 0 Å². The summed E-state index contributed by atoms with van der Waals surface area (Å²) < 4.78 is 7.17. The predicted octanol–water partition coefficient (Wildman–Crippen LogP) is 5.03. The van der Waals surface area contributed by atoms with Gasteiger partial charge in [-0.1, -0.05) is 18.2 Å². The van der Waals surface area contributed by atoms with Gasteiger partial charge < -0.3 is 9.84 Å². The van der Waals surface area contributed by atoms with E-state index >= 15 is 0 Å². The summed E-state index contributed by atoms with van der Waals surface area (Å²) in [6.07, 6.45) is 0. The van der Waals surface area contributed by atoms with E-state index < -0.39 is 5.97 Å². The van der Waals surface area contributed by atoms with Crippen molar-refractivity contribution < 1.29 is 14.6 Å². The molecule has 0 bridgehead atoms. The first kappa shape index (κ1) is 20.2. The molecular weight excluding hydrogens is 390 g/mol. The normalized spacial score (nSPS) is 12.1. The van der Waals surface area contributed by atoms with Gasteiger partial charge in [0.2, 0.25) is 5.70 Å². The summed E-state index contributed by atoms with van der Waals surface area (Å²) in [4.78, 5) is 11.8. The molecule has 1 heterocycles. The van der Waals surface area contributed by atoms with Gasteiger partial charge in [-0.05, 0) is 62.5 Å². The summed E-state index contributed by atoms with van der Waals surface area (Å²) in [6.45, 7) is 3.19. The SMILES string of the molecule is CCOC(=O)/C(N=Nc1ccc(-c2n[nH]c(=S)n2-c2ccccc2)cc1)=C(\C)O. The van der Waals surface area contributed by atoms with Crippen LogP contribution in [0.15, 0.2) is 76.3 Å². The molecule has 0 saturated carbocycles. The monoisotopic (exact) mass is 409 g/mol. The highest BCUT2D eigenvalue weighted by Crippen LogP contribution is 2.24. The zero-order valence-electron chi connectivity index (χ0n) is 15.9. The number of para-hydroxylation sites is 1. The Bertz CT molecular complexity index is 1110. The number of aliphatic hydroxyl groups is 1. The Morgan fingerprint density at radius 1 is 1.21 bits per heavy atom. The second-order valence-electron chi connectivity index (χ2n) is 5.92. The average molecular weight is 409 g/mol. The summed E-state index contributed by atoms with van der Waals surface area (Å²) in [6, 6.07) is 16.7. The summed E-state index contributed by atoms with van der Waals surface area (Å²) in [5, 5.41) is 24.6. The van der Waals surface area contributed by atoms with E-state index in [-0.39, 0.29) is 18.1 Å². The molecule has 0 atom stereocenters. The van der Waals surface area contributed by atoms with Crippen molar-refractivity contribution in [2.24, 2.45) is 10.2 Å². The van der Waals surface area contributed by atoms with Gasteiger partial charge in [-0.15, -0.1) is 5.11 Å². The third-order valence-corrected chi connectivity index (χ3v) is 4.16. The van der Waals surface area contributed by atoms with Crippen LogP contribution in [-0.2, 0) is 9.53 Å². The minimum absolute atomic E-state index is 0.176. The second kappa shape index (κ2) is 9.07. The first-order valence-corrected chi connectivity index (χ1v) is 9.24. The van der Waals surface area contributed by atoms with Crippen molar-refractivity contribution in [2.75, 3.05) is 6.61 Å². The summed E-state index contributed by atoms with van der Waals surface area (Å²) >= 11 is 5.36. The summed E-state index contributed by atoms with van der Waals surface area (Å²) in [7, 11) is 0. The zero-order valence-corrected chi connectivity index (χ0v) is 16.7. The Hall–Kier alpha value is -3.59. The fourth-order valence-electron chi connectivity index (χ4n) is 2.55. The smallest absolute Gasteiger partial charge is 0.362 e. The lowest BCUT2D eigenvalue weighted by Crippen LogP contribution is -2.07. The number of hydrogen-bond donors (Lipinski definition) is 2. The number of nitrogens with one attached hydrogen (secondary N) is 1. The maximum absolute atomic E-state index is 11.8. The maximum atomic E-state index is 11.8. The van der Waals surface area contributed by atoms with Crippen molar-refractivity contribution >= 4 is 23.9 Å². The molecule has 3 aromatic rings. The molecule has 2 N–H and O–H groups in total. The van der Waals surface area contributed by atoms with Crippen LogP contribution in [0.1, 0.15) is 13.8 Å². The largest absolute Gasteiger partial charge is 0.510 e. The molecule has 148 valence electrons. The Morgan fingerprint density at radius 2 is 1.90 bits per heavy atom. The van der Waals surface area contributed by atoms with Gasteiger partial charge in [-0.2, -0.15) is 10.2 Å². The lowest BCUT2D eigenvalue weighted by Gasteiger charge is -2.07. The number of ether oxygens (including phenoxy) is 1. The number of H-pyrrole nitrogens is 1. The molecule has 0 aliphatic heterocycles. The fraction of sp³-hybridized carbons (Fsp3) is 0.150. The van der Waals surface area contributed by atoms with Crippen molar-refractivity contribution in [1.29, 1.82) is 0 Å². The van der Waals surface area contributed by atoms with Gasteiger partial charge in [0, 0.05) is 11.3 Å². The molecule has 0 amide bonds. The minimum Gasteiger partial charge on any atom is -0.510 e. The Labute approximate surface area is 172 Å². The van der Waals surface area contributed by atoms with Crippen LogP contribution in [-0.4, -0.2) is 32.4 Å². The highest BCUT2D eigenvalue weighted by Gasteiger charge is 2.14. The van der Waals surface area contributed by atoms with Crippen LogP contribution in [0.25, 0.3) is 17.1 Å². The second-order valence-corrected chi connectivity index (χ2v) is 6.31. The van der Waals surface area contributed by atoms with E-state index in [1.807, 2.05) is 47.0 Å². The first-order chi connectivity index (χ1) is 14.0. The van der Waals surface area contributed by atoms with E-state index in [1.54, 1.807) is 19.1 Å². The highest BCUT2D eigenvalue weighted by molar-refractivity contribution is 7.71.